The van der Waals surface area contributed by atoms with Crippen molar-refractivity contribution in [2.24, 2.45) is 0 Å². The van der Waals surface area contributed by atoms with E-state index in [4.69, 9.17) is 0 Å². The Kier molecular flexibility index (Phi) is 4.77. The minimum Gasteiger partial charge on any atom is -0.342 e. The van der Waals surface area contributed by atoms with Gasteiger partial charge >= 0.3 is 0 Å². The van der Waals surface area contributed by atoms with Gasteiger partial charge in [0.1, 0.15) is 0 Å². The van der Waals surface area contributed by atoms with Crippen LogP contribution in [0.2, 0.25) is 0 Å². The molecule has 2 aliphatic rings. The quantitative estimate of drug-likeness (QED) is 0.658. The molecular formula is C23H23N5O3. The molecule has 5 rings (SSSR count). The van der Waals surface area contributed by atoms with Crippen molar-refractivity contribution in [2.45, 2.75) is 51.1 Å². The van der Waals surface area contributed by atoms with Gasteiger partial charge in [-0.15, -0.1) is 10.2 Å². The number of carbonyl (C=O) groups excluding carboxylic acids is 3. The van der Waals surface area contributed by atoms with Gasteiger partial charge in [0, 0.05) is 17.8 Å². The molecule has 1 saturated carbocycles. The lowest BCUT2D eigenvalue weighted by atomic mass is 9.94. The van der Waals surface area contributed by atoms with Crippen LogP contribution in [0.1, 0.15) is 82.0 Å². The van der Waals surface area contributed by atoms with Crippen LogP contribution >= 0.6 is 0 Å². The zero-order chi connectivity index (χ0) is 21.5. The van der Waals surface area contributed by atoms with Crippen LogP contribution in [-0.2, 0) is 0 Å². The van der Waals surface area contributed by atoms with Gasteiger partial charge in [-0.2, -0.15) is 0 Å². The molecular weight excluding hydrogens is 394 g/mol. The lowest BCUT2D eigenvalue weighted by molar-refractivity contribution is 0.0548. The molecule has 8 heteroatoms. The standard InChI is InChI=1S/C23H23N5O3/c1-14(20-26-25-19-9-5-6-12-27(19)20)24-21(29)15-10-11-17-18(13-15)23(31)28(22(17)30)16-7-3-2-4-8-16/h5-6,9-14,16H,2-4,7-8H2,1H3,(H,24,29). The highest BCUT2D eigenvalue weighted by Crippen LogP contribution is 2.31. The monoisotopic (exact) mass is 417 g/mol. The zero-order valence-corrected chi connectivity index (χ0v) is 17.2. The molecule has 3 heterocycles. The maximum atomic E-state index is 13.0. The van der Waals surface area contributed by atoms with Gasteiger partial charge in [0.2, 0.25) is 0 Å². The average molecular weight is 417 g/mol. The van der Waals surface area contributed by atoms with E-state index in [-0.39, 0.29) is 23.8 Å². The summed E-state index contributed by atoms with van der Waals surface area (Å²) in [4.78, 5) is 40.1. The van der Waals surface area contributed by atoms with E-state index >= 15 is 0 Å². The van der Waals surface area contributed by atoms with Crippen LogP contribution in [0.4, 0.5) is 0 Å². The van der Waals surface area contributed by atoms with Crippen LogP contribution in [0.25, 0.3) is 5.65 Å². The molecule has 0 saturated heterocycles. The smallest absolute Gasteiger partial charge is 0.261 e. The molecule has 0 bridgehead atoms. The van der Waals surface area contributed by atoms with Crippen LogP contribution in [0.3, 0.4) is 0 Å². The summed E-state index contributed by atoms with van der Waals surface area (Å²) in [5.74, 6) is -0.264. The van der Waals surface area contributed by atoms with Crippen LogP contribution in [0, 0.1) is 0 Å². The summed E-state index contributed by atoms with van der Waals surface area (Å²) in [6, 6.07) is 9.86. The molecule has 1 aromatic carbocycles. The third-order valence-electron chi connectivity index (χ3n) is 6.20. The van der Waals surface area contributed by atoms with E-state index in [1.165, 1.54) is 11.0 Å². The number of nitrogens with zero attached hydrogens (tertiary/aromatic N) is 4. The lowest BCUT2D eigenvalue weighted by Crippen LogP contribution is -2.40. The van der Waals surface area contributed by atoms with Gasteiger partial charge in [-0.1, -0.05) is 25.3 Å². The molecule has 3 amide bonds. The maximum absolute atomic E-state index is 13.0. The number of fused-ring (bicyclic) bond motifs is 2. The van der Waals surface area contributed by atoms with Gasteiger partial charge in [-0.25, -0.2) is 0 Å². The van der Waals surface area contributed by atoms with E-state index in [2.05, 4.69) is 15.5 Å². The second kappa shape index (κ2) is 7.61. The Morgan fingerprint density at radius 3 is 2.61 bits per heavy atom. The first kappa shape index (κ1) is 19.4. The van der Waals surface area contributed by atoms with E-state index in [1.54, 1.807) is 12.1 Å². The molecule has 1 unspecified atom stereocenters. The van der Waals surface area contributed by atoms with Crippen LogP contribution < -0.4 is 5.32 Å². The second-order valence-electron chi connectivity index (χ2n) is 8.21. The van der Waals surface area contributed by atoms with E-state index in [9.17, 15) is 14.4 Å². The average Bonchev–Trinajstić information content (AvgIpc) is 3.33. The third kappa shape index (κ3) is 3.28. The first-order valence-electron chi connectivity index (χ1n) is 10.7. The van der Waals surface area contributed by atoms with Gasteiger partial charge < -0.3 is 5.32 Å². The number of imide groups is 1. The Labute approximate surface area is 179 Å². The lowest BCUT2D eigenvalue weighted by Gasteiger charge is -2.29. The predicted molar refractivity (Wildman–Crippen MR) is 113 cm³/mol. The molecule has 0 spiro atoms. The van der Waals surface area contributed by atoms with Crippen molar-refractivity contribution >= 4 is 23.4 Å². The van der Waals surface area contributed by atoms with Crippen molar-refractivity contribution in [3.8, 4) is 0 Å². The Balaban J connectivity index is 1.36. The summed E-state index contributed by atoms with van der Waals surface area (Å²) in [6.45, 7) is 1.83. The SMILES string of the molecule is CC(NC(=O)c1ccc2c(c1)C(=O)N(C1CCCCC1)C2=O)c1nnc2ccccn12. The largest absolute Gasteiger partial charge is 0.342 e. The number of hydrogen-bond acceptors (Lipinski definition) is 5. The van der Waals surface area contributed by atoms with Crippen LogP contribution in [0.15, 0.2) is 42.6 Å². The Hall–Kier alpha value is -3.55. The number of nitrogens with one attached hydrogen (secondary N) is 1. The highest BCUT2D eigenvalue weighted by molar-refractivity contribution is 6.22. The predicted octanol–water partition coefficient (Wildman–Crippen LogP) is 3.15. The maximum Gasteiger partial charge on any atom is 0.261 e. The number of carbonyl (C=O) groups is 3. The summed E-state index contributed by atoms with van der Waals surface area (Å²) in [7, 11) is 0. The second-order valence-corrected chi connectivity index (χ2v) is 8.21. The number of pyridine rings is 1. The number of hydrogen-bond donors (Lipinski definition) is 1. The van der Waals surface area contributed by atoms with E-state index in [1.807, 2.05) is 35.7 Å². The number of aromatic nitrogens is 3. The van der Waals surface area contributed by atoms with Gasteiger partial charge in [0.05, 0.1) is 17.2 Å². The Bertz CT molecular complexity index is 1190. The van der Waals surface area contributed by atoms with Crippen molar-refractivity contribution in [3.05, 3.63) is 65.1 Å². The Morgan fingerprint density at radius 2 is 1.81 bits per heavy atom. The highest BCUT2D eigenvalue weighted by Gasteiger charge is 2.40. The summed E-state index contributed by atoms with van der Waals surface area (Å²) in [5.41, 5.74) is 1.72. The fraction of sp³-hybridized carbons (Fsp3) is 0.348. The number of rotatable bonds is 4. The molecule has 31 heavy (non-hydrogen) atoms. The molecule has 8 nitrogen and oxygen atoms in total. The first-order valence-corrected chi connectivity index (χ1v) is 10.7. The van der Waals surface area contributed by atoms with Crippen LogP contribution in [0.5, 0.6) is 0 Å². The van der Waals surface area contributed by atoms with E-state index in [0.717, 1.165) is 32.1 Å². The van der Waals surface area contributed by atoms with Crippen molar-refractivity contribution < 1.29 is 14.4 Å². The molecule has 0 radical (unpaired) electrons. The molecule has 3 aromatic rings. The molecule has 158 valence electrons. The summed E-state index contributed by atoms with van der Waals surface area (Å²) >= 11 is 0. The van der Waals surface area contributed by atoms with Crippen molar-refractivity contribution in [3.63, 3.8) is 0 Å². The zero-order valence-electron chi connectivity index (χ0n) is 17.2. The van der Waals surface area contributed by atoms with Crippen LogP contribution in [-0.4, -0.2) is 43.3 Å². The van der Waals surface area contributed by atoms with Crippen molar-refractivity contribution in [1.82, 2.24) is 24.8 Å². The summed E-state index contributed by atoms with van der Waals surface area (Å²) in [5, 5.41) is 11.2. The Morgan fingerprint density at radius 1 is 1.03 bits per heavy atom. The normalized spacial score (nSPS) is 17.8. The summed E-state index contributed by atoms with van der Waals surface area (Å²) in [6.07, 6.45) is 6.74. The fourth-order valence-corrected chi connectivity index (χ4v) is 4.57. The molecule has 1 fully saturated rings. The van der Waals surface area contributed by atoms with Gasteiger partial charge in [-0.05, 0) is 50.1 Å². The number of amides is 3. The van der Waals surface area contributed by atoms with E-state index < -0.39 is 6.04 Å². The highest BCUT2D eigenvalue weighted by atomic mass is 16.2. The topological polar surface area (TPSA) is 96.7 Å². The van der Waals surface area contributed by atoms with E-state index in [0.29, 0.717) is 28.2 Å². The molecule has 1 atom stereocenters. The molecule has 1 N–H and O–H groups in total. The van der Waals surface area contributed by atoms with Gasteiger partial charge in [0.25, 0.3) is 17.7 Å². The fourth-order valence-electron chi connectivity index (χ4n) is 4.57. The third-order valence-corrected chi connectivity index (χ3v) is 6.20. The van der Waals surface area contributed by atoms with Gasteiger partial charge in [-0.3, -0.25) is 23.7 Å². The first-order chi connectivity index (χ1) is 15.0. The molecule has 2 aromatic heterocycles. The molecule has 1 aliphatic carbocycles. The van der Waals surface area contributed by atoms with Crippen molar-refractivity contribution in [1.29, 1.82) is 0 Å². The minimum absolute atomic E-state index is 0.0420. The molecule has 1 aliphatic heterocycles. The number of benzene rings is 1. The van der Waals surface area contributed by atoms with Gasteiger partial charge in [0.15, 0.2) is 11.5 Å². The van der Waals surface area contributed by atoms with Crippen molar-refractivity contribution in [2.75, 3.05) is 0 Å². The minimum atomic E-state index is -0.394. The summed E-state index contributed by atoms with van der Waals surface area (Å²) < 4.78 is 1.82.